The normalized spacial score (nSPS) is 25.3. The summed E-state index contributed by atoms with van der Waals surface area (Å²) >= 11 is 0. The third kappa shape index (κ3) is 3.36. The van der Waals surface area contributed by atoms with Crippen LogP contribution in [0.4, 0.5) is 8.78 Å². The Kier molecular flexibility index (Phi) is 4.62. The van der Waals surface area contributed by atoms with Crippen molar-refractivity contribution in [3.8, 4) is 11.1 Å². The van der Waals surface area contributed by atoms with Crippen LogP contribution in [-0.4, -0.2) is 0 Å². The maximum Gasteiger partial charge on any atom is 0.126 e. The molecule has 2 heteroatoms. The van der Waals surface area contributed by atoms with E-state index in [0.717, 1.165) is 29.9 Å². The molecule has 4 rings (SSSR count). The van der Waals surface area contributed by atoms with Crippen molar-refractivity contribution in [1.29, 1.82) is 0 Å². The van der Waals surface area contributed by atoms with Gasteiger partial charge in [-0.25, -0.2) is 8.78 Å². The number of fused-ring (bicyclic) bond motifs is 3. The van der Waals surface area contributed by atoms with Crippen molar-refractivity contribution in [2.45, 2.75) is 57.8 Å². The van der Waals surface area contributed by atoms with Crippen molar-refractivity contribution in [1.82, 2.24) is 0 Å². The van der Waals surface area contributed by atoms with E-state index < -0.39 is 11.6 Å². The molecule has 2 aliphatic rings. The van der Waals surface area contributed by atoms with Gasteiger partial charge in [0.25, 0.3) is 0 Å². The predicted molar refractivity (Wildman–Crippen MR) is 98.6 cm³/mol. The van der Waals surface area contributed by atoms with E-state index in [0.29, 0.717) is 11.5 Å². The van der Waals surface area contributed by atoms with Crippen LogP contribution in [0.3, 0.4) is 0 Å². The average molecular weight is 340 g/mol. The first-order chi connectivity index (χ1) is 12.1. The summed E-state index contributed by atoms with van der Waals surface area (Å²) in [6.45, 7) is 2.29. The highest BCUT2D eigenvalue weighted by atomic mass is 19.1. The van der Waals surface area contributed by atoms with Gasteiger partial charge in [0, 0.05) is 6.07 Å². The standard InChI is InChI=1S/C23H26F2/c1-2-3-15-4-8-22-17(10-15)5-6-18-11-16(7-9-23(18)22)19-12-20(24)14-21(25)13-19/h7,9,11-15,17,22H,2-6,8,10H2,1H3/t15-,17-,22+/m1/s1. The Morgan fingerprint density at radius 1 is 0.920 bits per heavy atom. The SMILES string of the molecule is CCC[C@@H]1CC[C@@H]2c3ccc(-c4cc(F)cc(F)c4)cc3CC[C@@H]2C1. The lowest BCUT2D eigenvalue weighted by atomic mass is 9.64. The van der Waals surface area contributed by atoms with Crippen LogP contribution < -0.4 is 0 Å². The summed E-state index contributed by atoms with van der Waals surface area (Å²) in [5, 5.41) is 0. The third-order valence-corrected chi connectivity index (χ3v) is 6.31. The number of halogens is 2. The molecule has 0 unspecified atom stereocenters. The van der Waals surface area contributed by atoms with Crippen LogP contribution in [0.2, 0.25) is 0 Å². The Labute approximate surface area is 149 Å². The summed E-state index contributed by atoms with van der Waals surface area (Å²) in [6.07, 6.45) is 9.07. The van der Waals surface area contributed by atoms with Gasteiger partial charge in [-0.2, -0.15) is 0 Å². The molecule has 0 N–H and O–H groups in total. The van der Waals surface area contributed by atoms with Crippen molar-refractivity contribution >= 4 is 0 Å². The quantitative estimate of drug-likeness (QED) is 0.571. The second kappa shape index (κ2) is 6.90. The fraction of sp³-hybridized carbons (Fsp3) is 0.478. The van der Waals surface area contributed by atoms with Gasteiger partial charge in [-0.15, -0.1) is 0 Å². The van der Waals surface area contributed by atoms with Crippen LogP contribution in [0, 0.1) is 23.5 Å². The van der Waals surface area contributed by atoms with Crippen molar-refractivity contribution < 1.29 is 8.78 Å². The molecule has 0 saturated heterocycles. The highest BCUT2D eigenvalue weighted by Gasteiger charge is 2.34. The van der Waals surface area contributed by atoms with Crippen molar-refractivity contribution in [3.05, 3.63) is 59.2 Å². The first-order valence-corrected chi connectivity index (χ1v) is 9.73. The van der Waals surface area contributed by atoms with Crippen LogP contribution in [0.5, 0.6) is 0 Å². The molecule has 0 bridgehead atoms. The van der Waals surface area contributed by atoms with Crippen LogP contribution in [0.25, 0.3) is 11.1 Å². The molecule has 3 atom stereocenters. The summed E-state index contributed by atoms with van der Waals surface area (Å²) in [5.41, 5.74) is 4.44. The van der Waals surface area contributed by atoms with E-state index in [9.17, 15) is 8.78 Å². The molecule has 132 valence electrons. The molecular weight excluding hydrogens is 314 g/mol. The van der Waals surface area contributed by atoms with E-state index in [1.807, 2.05) is 6.07 Å². The van der Waals surface area contributed by atoms with Crippen LogP contribution in [-0.2, 0) is 6.42 Å². The lowest BCUT2D eigenvalue weighted by Gasteiger charge is -2.40. The van der Waals surface area contributed by atoms with E-state index in [4.69, 9.17) is 0 Å². The average Bonchev–Trinajstić information content (AvgIpc) is 2.60. The second-order valence-electron chi connectivity index (χ2n) is 7.94. The zero-order valence-electron chi connectivity index (χ0n) is 14.9. The number of aryl methyl sites for hydroxylation is 1. The maximum absolute atomic E-state index is 13.5. The van der Waals surface area contributed by atoms with E-state index in [1.165, 1.54) is 61.8 Å². The predicted octanol–water partition coefficient (Wildman–Crippen LogP) is 6.88. The maximum atomic E-state index is 13.5. The lowest BCUT2D eigenvalue weighted by Crippen LogP contribution is -2.28. The summed E-state index contributed by atoms with van der Waals surface area (Å²) in [7, 11) is 0. The number of hydrogen-bond acceptors (Lipinski definition) is 0. The summed E-state index contributed by atoms with van der Waals surface area (Å²) in [5.74, 6) is 1.41. The van der Waals surface area contributed by atoms with Crippen molar-refractivity contribution in [3.63, 3.8) is 0 Å². The minimum absolute atomic E-state index is 0.512. The van der Waals surface area contributed by atoms with Crippen LogP contribution >= 0.6 is 0 Å². The summed E-state index contributed by atoms with van der Waals surface area (Å²) in [4.78, 5) is 0. The number of hydrogen-bond donors (Lipinski definition) is 0. The van der Waals surface area contributed by atoms with E-state index >= 15 is 0 Å². The molecule has 0 aromatic heterocycles. The van der Waals surface area contributed by atoms with Gasteiger partial charge in [0.15, 0.2) is 0 Å². The van der Waals surface area contributed by atoms with Crippen LogP contribution in [0.15, 0.2) is 36.4 Å². The van der Waals surface area contributed by atoms with Gasteiger partial charge in [0.05, 0.1) is 0 Å². The van der Waals surface area contributed by atoms with Gasteiger partial charge in [-0.3, -0.25) is 0 Å². The van der Waals surface area contributed by atoms with Gasteiger partial charge >= 0.3 is 0 Å². The van der Waals surface area contributed by atoms with Gasteiger partial charge in [-0.1, -0.05) is 38.0 Å². The van der Waals surface area contributed by atoms with Crippen molar-refractivity contribution in [2.75, 3.05) is 0 Å². The monoisotopic (exact) mass is 340 g/mol. The zero-order valence-corrected chi connectivity index (χ0v) is 14.9. The summed E-state index contributed by atoms with van der Waals surface area (Å²) < 4.78 is 27.1. The van der Waals surface area contributed by atoms with Gasteiger partial charge in [0.2, 0.25) is 0 Å². The first kappa shape index (κ1) is 16.8. The largest absolute Gasteiger partial charge is 0.207 e. The fourth-order valence-corrected chi connectivity index (χ4v) is 5.19. The van der Waals surface area contributed by atoms with E-state index in [1.54, 1.807) is 0 Å². The minimum atomic E-state index is -0.512. The summed E-state index contributed by atoms with van der Waals surface area (Å²) in [6, 6.07) is 10.2. The molecule has 25 heavy (non-hydrogen) atoms. The fourth-order valence-electron chi connectivity index (χ4n) is 5.19. The highest BCUT2D eigenvalue weighted by molar-refractivity contribution is 5.65. The second-order valence-corrected chi connectivity index (χ2v) is 7.94. The molecule has 2 aromatic rings. The van der Waals surface area contributed by atoms with Crippen molar-refractivity contribution in [2.24, 2.45) is 11.8 Å². The molecule has 0 heterocycles. The Bertz CT molecular complexity index is 744. The third-order valence-electron chi connectivity index (χ3n) is 6.31. The molecule has 1 saturated carbocycles. The topological polar surface area (TPSA) is 0 Å². The Hall–Kier alpha value is -1.70. The molecule has 2 aromatic carbocycles. The Balaban J connectivity index is 1.61. The minimum Gasteiger partial charge on any atom is -0.207 e. The van der Waals surface area contributed by atoms with Gasteiger partial charge in [0.1, 0.15) is 11.6 Å². The smallest absolute Gasteiger partial charge is 0.126 e. The highest BCUT2D eigenvalue weighted by Crippen LogP contribution is 2.48. The Morgan fingerprint density at radius 2 is 1.72 bits per heavy atom. The molecule has 0 nitrogen and oxygen atoms in total. The Morgan fingerprint density at radius 3 is 2.48 bits per heavy atom. The number of benzene rings is 2. The lowest BCUT2D eigenvalue weighted by molar-refractivity contribution is 0.201. The first-order valence-electron chi connectivity index (χ1n) is 9.73. The van der Waals surface area contributed by atoms with Gasteiger partial charge < -0.3 is 0 Å². The molecule has 0 spiro atoms. The van der Waals surface area contributed by atoms with E-state index in [-0.39, 0.29) is 0 Å². The molecule has 0 radical (unpaired) electrons. The number of rotatable bonds is 3. The molecule has 1 fully saturated rings. The van der Waals surface area contributed by atoms with Crippen LogP contribution in [0.1, 0.15) is 62.5 Å². The van der Waals surface area contributed by atoms with Gasteiger partial charge in [-0.05, 0) is 84.2 Å². The molecule has 2 aliphatic carbocycles. The molecular formula is C23H26F2. The molecule has 0 amide bonds. The molecule has 0 aliphatic heterocycles. The van der Waals surface area contributed by atoms with E-state index in [2.05, 4.69) is 19.1 Å². The zero-order chi connectivity index (χ0) is 17.4.